The van der Waals surface area contributed by atoms with E-state index in [4.69, 9.17) is 16.6 Å². The lowest BCUT2D eigenvalue weighted by atomic mass is 9.92. The molecule has 0 radical (unpaired) electrons. The van der Waals surface area contributed by atoms with Gasteiger partial charge in [-0.25, -0.2) is 18.7 Å². The van der Waals surface area contributed by atoms with Crippen molar-refractivity contribution in [2.45, 2.75) is 44.4 Å². The zero-order valence-corrected chi connectivity index (χ0v) is 32.8. The molecule has 9 nitrogen and oxygen atoms in total. The Labute approximate surface area is 333 Å². The second kappa shape index (κ2) is 17.0. The highest BCUT2D eigenvalue weighted by Gasteiger charge is 2.34. The predicted octanol–water partition coefficient (Wildman–Crippen LogP) is 6.73. The van der Waals surface area contributed by atoms with E-state index in [1.54, 1.807) is 23.4 Å². The summed E-state index contributed by atoms with van der Waals surface area (Å²) in [6.07, 6.45) is 5.84. The van der Waals surface area contributed by atoms with Crippen molar-refractivity contribution in [3.05, 3.63) is 112 Å². The van der Waals surface area contributed by atoms with Gasteiger partial charge < -0.3 is 19.6 Å². The second-order valence-electron chi connectivity index (χ2n) is 15.9. The molecule has 1 aromatic heterocycles. The van der Waals surface area contributed by atoms with Gasteiger partial charge in [-0.2, -0.15) is 0 Å². The Hall–Kier alpha value is -4.45. The molecule has 3 saturated heterocycles. The third kappa shape index (κ3) is 8.31. The van der Waals surface area contributed by atoms with E-state index in [0.29, 0.717) is 73.8 Å². The number of piperazine rings is 2. The van der Waals surface area contributed by atoms with Crippen molar-refractivity contribution in [1.29, 1.82) is 0 Å². The minimum atomic E-state index is -0.832. The van der Waals surface area contributed by atoms with Gasteiger partial charge in [-0.3, -0.25) is 14.5 Å². The van der Waals surface area contributed by atoms with Gasteiger partial charge in [0.2, 0.25) is 5.91 Å². The summed E-state index contributed by atoms with van der Waals surface area (Å²) in [6.45, 7) is 10.6. The first-order valence-electron chi connectivity index (χ1n) is 20.1. The van der Waals surface area contributed by atoms with Gasteiger partial charge in [0.05, 0.1) is 5.92 Å². The third-order valence-electron chi connectivity index (χ3n) is 12.4. The van der Waals surface area contributed by atoms with Gasteiger partial charge in [-0.05, 0) is 91.6 Å². The maximum absolute atomic E-state index is 15.1. The van der Waals surface area contributed by atoms with Crippen LogP contribution in [0, 0.1) is 17.6 Å². The number of nitrogens with zero attached hydrogens (tertiary/aromatic N) is 7. The summed E-state index contributed by atoms with van der Waals surface area (Å²) in [5.74, 6) is -0.392. The number of hydrogen-bond donors (Lipinski definition) is 0. The number of fused-ring (bicyclic) bond motifs is 1. The summed E-state index contributed by atoms with van der Waals surface area (Å²) in [7, 11) is 0. The number of aryl methyl sites for hydroxylation is 1. The molecule has 3 aliphatic heterocycles. The molecule has 12 heteroatoms. The maximum Gasteiger partial charge on any atom is 0.259 e. The van der Waals surface area contributed by atoms with Gasteiger partial charge >= 0.3 is 0 Å². The summed E-state index contributed by atoms with van der Waals surface area (Å²) < 4.78 is 30.3. The molecule has 2 amide bonds. The van der Waals surface area contributed by atoms with Gasteiger partial charge in [0.1, 0.15) is 29.3 Å². The van der Waals surface area contributed by atoms with Gasteiger partial charge in [0.15, 0.2) is 0 Å². The molecule has 3 fully saturated rings. The van der Waals surface area contributed by atoms with Crippen molar-refractivity contribution in [1.82, 2.24) is 29.6 Å². The van der Waals surface area contributed by atoms with Crippen LogP contribution in [0.4, 0.5) is 14.6 Å². The largest absolute Gasteiger partial charge is 0.353 e. The first-order valence-corrected chi connectivity index (χ1v) is 20.5. The summed E-state index contributed by atoms with van der Waals surface area (Å²) in [6, 6.07) is 19.3. The molecule has 1 aliphatic carbocycles. The average molecular weight is 782 g/mol. The number of hydrogen-bond acceptors (Lipinski definition) is 7. The lowest BCUT2D eigenvalue weighted by Crippen LogP contribution is -2.52. The number of piperidine rings is 1. The number of benzene rings is 3. The topological polar surface area (TPSA) is 76.1 Å². The molecule has 4 aromatic rings. The van der Waals surface area contributed by atoms with Crippen molar-refractivity contribution in [3.8, 4) is 11.1 Å². The zero-order valence-electron chi connectivity index (χ0n) is 32.1. The molecule has 3 aromatic carbocycles. The first kappa shape index (κ1) is 38.4. The zero-order chi connectivity index (χ0) is 38.8. The Bertz CT molecular complexity index is 1990. The van der Waals surface area contributed by atoms with Crippen LogP contribution < -0.4 is 4.90 Å². The van der Waals surface area contributed by atoms with E-state index in [-0.39, 0.29) is 11.8 Å². The smallest absolute Gasteiger partial charge is 0.259 e. The van der Waals surface area contributed by atoms with E-state index >= 15 is 8.78 Å². The van der Waals surface area contributed by atoms with Crippen molar-refractivity contribution in [2.24, 2.45) is 5.92 Å². The lowest BCUT2D eigenvalue weighted by Gasteiger charge is -2.40. The predicted molar refractivity (Wildman–Crippen MR) is 215 cm³/mol. The summed E-state index contributed by atoms with van der Waals surface area (Å²) in [5.41, 5.74) is 4.06. The monoisotopic (exact) mass is 781 g/mol. The molecule has 294 valence electrons. The number of carbonyl (C=O) groups excluding carboxylic acids is 2. The van der Waals surface area contributed by atoms with Crippen LogP contribution >= 0.6 is 11.6 Å². The quantitative estimate of drug-likeness (QED) is 0.187. The van der Waals surface area contributed by atoms with Crippen LogP contribution in [-0.2, 0) is 11.2 Å². The number of carbonyl (C=O) groups is 2. The fraction of sp³-hybridized carbons (Fsp3) is 0.455. The molecular weight excluding hydrogens is 732 g/mol. The molecule has 2 atom stereocenters. The van der Waals surface area contributed by atoms with Crippen molar-refractivity contribution in [2.75, 3.05) is 83.4 Å². The fourth-order valence-electron chi connectivity index (χ4n) is 9.10. The molecule has 4 heterocycles. The molecule has 0 bridgehead atoms. The van der Waals surface area contributed by atoms with Crippen LogP contribution in [0.15, 0.2) is 73.1 Å². The molecule has 0 spiro atoms. The maximum atomic E-state index is 15.1. The van der Waals surface area contributed by atoms with Crippen LogP contribution in [-0.4, -0.2) is 120 Å². The summed E-state index contributed by atoms with van der Waals surface area (Å²) in [5, 5.41) is 0.656. The molecule has 2 unspecified atom stereocenters. The van der Waals surface area contributed by atoms with Crippen LogP contribution in [0.1, 0.15) is 65.2 Å². The first-order chi connectivity index (χ1) is 27.2. The van der Waals surface area contributed by atoms with Gasteiger partial charge in [-0.1, -0.05) is 61.0 Å². The normalized spacial score (nSPS) is 20.3. The van der Waals surface area contributed by atoms with Crippen molar-refractivity contribution < 1.29 is 18.4 Å². The Morgan fingerprint density at radius 1 is 0.768 bits per heavy atom. The standard InChI is InChI=1S/C44H50ClF2N7O2/c1-30-7-12-39-40(30)42(49-29-48-39)52-21-23-53(24-22-52)43(55)36(33-8-10-35(45)11-9-33)28-50-15-13-31(14-16-50)27-51-17-19-54(20-18-51)44(56)41-37(46)25-34(26-38(41)47)32-5-3-2-4-6-32/h2-6,8-11,25-26,29-31,36H,7,12-24,27-28H2,1H3. The van der Waals surface area contributed by atoms with Crippen LogP contribution in [0.2, 0.25) is 5.02 Å². The minimum absolute atomic E-state index is 0.162. The number of halogens is 3. The number of aromatic nitrogens is 2. The number of rotatable bonds is 9. The molecule has 0 N–H and O–H groups in total. The highest BCUT2D eigenvalue weighted by molar-refractivity contribution is 6.30. The van der Waals surface area contributed by atoms with Crippen molar-refractivity contribution >= 4 is 29.2 Å². The van der Waals surface area contributed by atoms with E-state index in [1.807, 2.05) is 47.4 Å². The van der Waals surface area contributed by atoms with Gasteiger partial charge in [0.25, 0.3) is 5.91 Å². The van der Waals surface area contributed by atoms with E-state index in [2.05, 4.69) is 26.6 Å². The van der Waals surface area contributed by atoms with Crippen LogP contribution in [0.3, 0.4) is 0 Å². The van der Waals surface area contributed by atoms with E-state index in [0.717, 1.165) is 69.8 Å². The van der Waals surface area contributed by atoms with Crippen LogP contribution in [0.5, 0.6) is 0 Å². The Kier molecular flexibility index (Phi) is 11.6. The highest BCUT2D eigenvalue weighted by Crippen LogP contribution is 2.37. The van der Waals surface area contributed by atoms with Crippen LogP contribution in [0.25, 0.3) is 11.1 Å². The summed E-state index contributed by atoms with van der Waals surface area (Å²) in [4.78, 5) is 47.5. The summed E-state index contributed by atoms with van der Waals surface area (Å²) >= 11 is 6.27. The Balaban J connectivity index is 0.831. The minimum Gasteiger partial charge on any atom is -0.353 e. The molecule has 8 rings (SSSR count). The Morgan fingerprint density at radius 2 is 1.43 bits per heavy atom. The highest BCUT2D eigenvalue weighted by atomic mass is 35.5. The van der Waals surface area contributed by atoms with E-state index < -0.39 is 23.1 Å². The van der Waals surface area contributed by atoms with E-state index in [1.165, 1.54) is 23.4 Å². The molecular formula is C44H50ClF2N7O2. The lowest BCUT2D eigenvalue weighted by molar-refractivity contribution is -0.133. The molecule has 4 aliphatic rings. The molecule has 56 heavy (non-hydrogen) atoms. The van der Waals surface area contributed by atoms with Gasteiger partial charge in [-0.15, -0.1) is 0 Å². The average Bonchev–Trinajstić information content (AvgIpc) is 3.61. The number of amides is 2. The Morgan fingerprint density at radius 3 is 2.11 bits per heavy atom. The fourth-order valence-corrected chi connectivity index (χ4v) is 9.22. The van der Waals surface area contributed by atoms with Gasteiger partial charge in [0, 0.05) is 81.7 Å². The SMILES string of the molecule is CC1CCc2ncnc(N3CCN(C(=O)C(CN4CCC(CN5CCN(C(=O)c6c(F)cc(-c7ccccc7)cc6F)CC5)CC4)c4ccc(Cl)cc4)CC3)c21. The van der Waals surface area contributed by atoms with E-state index in [9.17, 15) is 9.59 Å². The number of likely N-dealkylation sites (tertiary alicyclic amines) is 1. The number of anilines is 1. The van der Waals surface area contributed by atoms with Crippen molar-refractivity contribution in [3.63, 3.8) is 0 Å². The second-order valence-corrected chi connectivity index (χ2v) is 16.4. The molecule has 0 saturated carbocycles. The third-order valence-corrected chi connectivity index (χ3v) is 12.7.